The maximum Gasteiger partial charge on any atom is 0.132 e. The smallest absolute Gasteiger partial charge is 0.132 e. The molecule has 0 atom stereocenters. The molecule has 0 aliphatic heterocycles. The van der Waals surface area contributed by atoms with Crippen molar-refractivity contribution in [3.63, 3.8) is 0 Å². The molecule has 1 N–H and O–H groups in total. The highest BCUT2D eigenvalue weighted by Gasteiger charge is 2.06. The van der Waals surface area contributed by atoms with Gasteiger partial charge in [0.15, 0.2) is 0 Å². The van der Waals surface area contributed by atoms with Gasteiger partial charge in [0.05, 0.1) is 5.52 Å². The lowest BCUT2D eigenvalue weighted by Gasteiger charge is -1.95. The minimum absolute atomic E-state index is 0.142. The van der Waals surface area contributed by atoms with E-state index >= 15 is 0 Å². The first kappa shape index (κ1) is 8.30. The van der Waals surface area contributed by atoms with E-state index in [-0.39, 0.29) is 5.82 Å². The van der Waals surface area contributed by atoms with Gasteiger partial charge in [-0.15, -0.1) is 0 Å². The zero-order valence-corrected chi connectivity index (χ0v) is 7.82. The van der Waals surface area contributed by atoms with E-state index in [9.17, 15) is 4.39 Å². The molecule has 1 nitrogen and oxygen atoms in total. The van der Waals surface area contributed by atoms with Crippen molar-refractivity contribution in [2.24, 2.45) is 0 Å². The van der Waals surface area contributed by atoms with Crippen molar-refractivity contribution < 1.29 is 4.39 Å². The first-order valence-electron chi connectivity index (χ1n) is 4.49. The number of hydrogen-bond acceptors (Lipinski definition) is 0. The van der Waals surface area contributed by atoms with Gasteiger partial charge in [0, 0.05) is 11.1 Å². The summed E-state index contributed by atoms with van der Waals surface area (Å²) in [6.07, 6.45) is 0.910. The molecular formula is C11H12FN. The Morgan fingerprint density at radius 2 is 2.15 bits per heavy atom. The molecule has 13 heavy (non-hydrogen) atoms. The van der Waals surface area contributed by atoms with Crippen LogP contribution in [0.2, 0.25) is 0 Å². The van der Waals surface area contributed by atoms with Gasteiger partial charge in [-0.25, -0.2) is 4.39 Å². The lowest BCUT2D eigenvalue weighted by Crippen LogP contribution is -1.80. The van der Waals surface area contributed by atoms with Crippen LogP contribution in [-0.2, 0) is 6.42 Å². The number of nitrogens with one attached hydrogen (secondary N) is 1. The third kappa shape index (κ3) is 1.22. The molecule has 68 valence electrons. The van der Waals surface area contributed by atoms with Crippen LogP contribution in [0.1, 0.15) is 18.2 Å². The van der Waals surface area contributed by atoms with Crippen molar-refractivity contribution in [2.45, 2.75) is 20.3 Å². The van der Waals surface area contributed by atoms with Crippen molar-refractivity contribution in [1.29, 1.82) is 0 Å². The second kappa shape index (κ2) is 2.87. The summed E-state index contributed by atoms with van der Waals surface area (Å²) in [4.78, 5) is 3.21. The number of aromatic nitrogens is 1. The molecule has 0 aliphatic carbocycles. The van der Waals surface area contributed by atoms with Gasteiger partial charge in [-0.2, -0.15) is 0 Å². The van der Waals surface area contributed by atoms with Crippen LogP contribution < -0.4 is 0 Å². The number of benzene rings is 1. The van der Waals surface area contributed by atoms with Crippen molar-refractivity contribution in [1.82, 2.24) is 4.98 Å². The average molecular weight is 177 g/mol. The molecule has 0 bridgehead atoms. The Morgan fingerprint density at radius 3 is 2.77 bits per heavy atom. The second-order valence-electron chi connectivity index (χ2n) is 3.30. The predicted molar refractivity (Wildman–Crippen MR) is 52.4 cm³/mol. The van der Waals surface area contributed by atoms with E-state index in [1.54, 1.807) is 6.07 Å². The highest BCUT2D eigenvalue weighted by Crippen LogP contribution is 2.22. The summed E-state index contributed by atoms with van der Waals surface area (Å²) in [7, 11) is 0. The number of aromatic amines is 1. The van der Waals surface area contributed by atoms with Crippen LogP contribution >= 0.6 is 0 Å². The van der Waals surface area contributed by atoms with Crippen molar-refractivity contribution in [3.05, 3.63) is 35.3 Å². The zero-order valence-electron chi connectivity index (χ0n) is 7.82. The van der Waals surface area contributed by atoms with Gasteiger partial charge in [-0.05, 0) is 31.0 Å². The Labute approximate surface area is 76.6 Å². The van der Waals surface area contributed by atoms with Gasteiger partial charge in [0.25, 0.3) is 0 Å². The summed E-state index contributed by atoms with van der Waals surface area (Å²) in [5, 5.41) is 0.705. The molecule has 0 fully saturated rings. The minimum Gasteiger partial charge on any atom is -0.358 e. The van der Waals surface area contributed by atoms with Crippen LogP contribution in [0, 0.1) is 12.7 Å². The maximum atomic E-state index is 13.3. The van der Waals surface area contributed by atoms with Gasteiger partial charge >= 0.3 is 0 Å². The van der Waals surface area contributed by atoms with Gasteiger partial charge in [-0.1, -0.05) is 13.0 Å². The Morgan fingerprint density at radius 1 is 1.38 bits per heavy atom. The van der Waals surface area contributed by atoms with E-state index in [0.717, 1.165) is 23.2 Å². The summed E-state index contributed by atoms with van der Waals surface area (Å²) in [5.41, 5.74) is 3.11. The van der Waals surface area contributed by atoms with Crippen LogP contribution in [-0.4, -0.2) is 4.98 Å². The van der Waals surface area contributed by atoms with E-state index in [2.05, 4.69) is 11.9 Å². The van der Waals surface area contributed by atoms with Crippen molar-refractivity contribution in [2.75, 3.05) is 0 Å². The SMILES string of the molecule is CCc1cc2c(F)ccc(C)c2[nH]1. The zero-order chi connectivity index (χ0) is 9.42. The number of halogens is 1. The molecule has 0 unspecified atom stereocenters. The van der Waals surface area contributed by atoms with E-state index in [1.807, 2.05) is 13.0 Å². The fourth-order valence-electron chi connectivity index (χ4n) is 1.57. The molecule has 0 amide bonds. The van der Waals surface area contributed by atoms with Gasteiger partial charge in [0.1, 0.15) is 5.82 Å². The van der Waals surface area contributed by atoms with E-state index in [4.69, 9.17) is 0 Å². The van der Waals surface area contributed by atoms with Crippen LogP contribution in [0.5, 0.6) is 0 Å². The number of rotatable bonds is 1. The van der Waals surface area contributed by atoms with E-state index < -0.39 is 0 Å². The summed E-state index contributed by atoms with van der Waals surface area (Å²) < 4.78 is 13.3. The normalized spacial score (nSPS) is 11.0. The first-order chi connectivity index (χ1) is 6.22. The predicted octanol–water partition coefficient (Wildman–Crippen LogP) is 3.18. The minimum atomic E-state index is -0.142. The first-order valence-corrected chi connectivity index (χ1v) is 4.49. The van der Waals surface area contributed by atoms with Gasteiger partial charge in [-0.3, -0.25) is 0 Å². The molecule has 1 heterocycles. The molecule has 0 saturated heterocycles. The quantitative estimate of drug-likeness (QED) is 0.688. The lowest BCUT2D eigenvalue weighted by atomic mass is 10.1. The summed E-state index contributed by atoms with van der Waals surface area (Å²) >= 11 is 0. The van der Waals surface area contributed by atoms with Crippen molar-refractivity contribution >= 4 is 10.9 Å². The Balaban J connectivity index is 2.80. The van der Waals surface area contributed by atoms with Crippen LogP contribution in [0.15, 0.2) is 18.2 Å². The van der Waals surface area contributed by atoms with Gasteiger partial charge in [0.2, 0.25) is 0 Å². The third-order valence-electron chi connectivity index (χ3n) is 2.39. The standard InChI is InChI=1S/C11H12FN/c1-3-8-6-9-10(12)5-4-7(2)11(9)13-8/h4-6,13H,3H2,1-2H3. The summed E-state index contributed by atoms with van der Waals surface area (Å²) in [5.74, 6) is -0.142. The lowest BCUT2D eigenvalue weighted by molar-refractivity contribution is 0.639. The fraction of sp³-hybridized carbons (Fsp3) is 0.273. The number of aryl methyl sites for hydroxylation is 2. The molecule has 0 radical (unpaired) electrons. The van der Waals surface area contributed by atoms with Crippen LogP contribution in [0.3, 0.4) is 0 Å². The Bertz CT molecular complexity index is 404. The molecule has 0 aliphatic rings. The Hall–Kier alpha value is -1.31. The maximum absolute atomic E-state index is 13.3. The molecule has 1 aromatic carbocycles. The van der Waals surface area contributed by atoms with Crippen LogP contribution in [0.4, 0.5) is 4.39 Å². The molecule has 2 heteroatoms. The molecule has 1 aromatic heterocycles. The topological polar surface area (TPSA) is 15.8 Å². The van der Waals surface area contributed by atoms with E-state index in [0.29, 0.717) is 5.39 Å². The van der Waals surface area contributed by atoms with E-state index in [1.165, 1.54) is 6.07 Å². The molecule has 2 rings (SSSR count). The van der Waals surface area contributed by atoms with Crippen LogP contribution in [0.25, 0.3) is 10.9 Å². The molecular weight excluding hydrogens is 165 g/mol. The average Bonchev–Trinajstić information content (AvgIpc) is 2.56. The molecule has 0 spiro atoms. The third-order valence-corrected chi connectivity index (χ3v) is 2.39. The molecule has 0 saturated carbocycles. The second-order valence-corrected chi connectivity index (χ2v) is 3.30. The number of H-pyrrole nitrogens is 1. The largest absolute Gasteiger partial charge is 0.358 e. The fourth-order valence-corrected chi connectivity index (χ4v) is 1.57. The monoisotopic (exact) mass is 177 g/mol. The van der Waals surface area contributed by atoms with Crippen molar-refractivity contribution in [3.8, 4) is 0 Å². The summed E-state index contributed by atoms with van der Waals surface area (Å²) in [6.45, 7) is 4.04. The highest BCUT2D eigenvalue weighted by molar-refractivity contribution is 5.83. The number of fused-ring (bicyclic) bond motifs is 1. The van der Waals surface area contributed by atoms with Gasteiger partial charge < -0.3 is 4.98 Å². The highest BCUT2D eigenvalue weighted by atomic mass is 19.1. The molecule has 2 aromatic rings. The summed E-state index contributed by atoms with van der Waals surface area (Å²) in [6, 6.07) is 5.20. The Kier molecular flexibility index (Phi) is 1.83. The number of hydrogen-bond donors (Lipinski definition) is 1.